The number of hydrogen-bond donors (Lipinski definition) is 1. The van der Waals surface area contributed by atoms with Gasteiger partial charge in [-0.3, -0.25) is 4.79 Å². The molecule has 0 unspecified atom stereocenters. The lowest BCUT2D eigenvalue weighted by molar-refractivity contribution is 0.174. The molecule has 1 aliphatic rings. The Morgan fingerprint density at radius 3 is 2.72 bits per heavy atom. The van der Waals surface area contributed by atoms with Gasteiger partial charge in [0.15, 0.2) is 11.5 Å². The van der Waals surface area contributed by atoms with Crippen LogP contribution < -0.4 is 14.9 Å². The number of ether oxygens (including phenoxy) is 2. The van der Waals surface area contributed by atoms with Crippen LogP contribution in [-0.2, 0) is 6.42 Å². The van der Waals surface area contributed by atoms with Gasteiger partial charge in [0, 0.05) is 6.07 Å². The maximum Gasteiger partial charge on any atom is 0.231 e. The van der Waals surface area contributed by atoms with E-state index in [2.05, 4.69) is 0 Å². The zero-order valence-electron chi connectivity index (χ0n) is 14.1. The standard InChI is InChI=1S/C20H18O5/c1-3-4-12-7-14-17(9-15(12)21)25-11(2)19(20(14)22)13-5-6-16-18(8-13)24-10-23-16/h5-9,21H,3-4,10H2,1-2H3. The SMILES string of the molecule is CCCc1cc2c(=O)c(-c3ccc4c(c3)OCO4)c(C)oc2cc1O. The van der Waals surface area contributed by atoms with Crippen molar-refractivity contribution in [1.29, 1.82) is 0 Å². The van der Waals surface area contributed by atoms with E-state index < -0.39 is 0 Å². The van der Waals surface area contributed by atoms with E-state index in [-0.39, 0.29) is 18.0 Å². The largest absolute Gasteiger partial charge is 0.508 e. The molecule has 0 amide bonds. The minimum absolute atomic E-state index is 0.116. The number of aryl methyl sites for hydroxylation is 2. The second kappa shape index (κ2) is 5.84. The molecule has 5 heteroatoms. The molecule has 128 valence electrons. The number of phenolic OH excluding ortho intramolecular Hbond substituents is 1. The molecular formula is C20H18O5. The molecule has 0 atom stereocenters. The van der Waals surface area contributed by atoms with Crippen LogP contribution >= 0.6 is 0 Å². The predicted molar refractivity (Wildman–Crippen MR) is 94.4 cm³/mol. The smallest absolute Gasteiger partial charge is 0.231 e. The van der Waals surface area contributed by atoms with E-state index >= 15 is 0 Å². The molecule has 2 aromatic carbocycles. The number of benzene rings is 2. The molecule has 0 saturated carbocycles. The Labute approximate surface area is 144 Å². The van der Waals surface area contributed by atoms with E-state index in [4.69, 9.17) is 13.9 Å². The van der Waals surface area contributed by atoms with Gasteiger partial charge in [-0.25, -0.2) is 0 Å². The first-order chi connectivity index (χ1) is 12.1. The first kappa shape index (κ1) is 15.6. The summed E-state index contributed by atoms with van der Waals surface area (Å²) in [6, 6.07) is 8.67. The Hall–Kier alpha value is -2.95. The number of hydrogen-bond acceptors (Lipinski definition) is 5. The molecule has 1 aliphatic heterocycles. The Balaban J connectivity index is 1.95. The van der Waals surface area contributed by atoms with Gasteiger partial charge in [-0.1, -0.05) is 19.4 Å². The lowest BCUT2D eigenvalue weighted by Gasteiger charge is -2.10. The third-order valence-electron chi connectivity index (χ3n) is 4.45. The fraction of sp³-hybridized carbons (Fsp3) is 0.250. The van der Waals surface area contributed by atoms with E-state index in [1.165, 1.54) is 6.07 Å². The van der Waals surface area contributed by atoms with Crippen LogP contribution in [0, 0.1) is 6.92 Å². The van der Waals surface area contributed by atoms with Crippen LogP contribution in [0.4, 0.5) is 0 Å². The van der Waals surface area contributed by atoms with Crippen molar-refractivity contribution < 1.29 is 19.0 Å². The summed E-state index contributed by atoms with van der Waals surface area (Å²) in [4.78, 5) is 13.1. The average Bonchev–Trinajstić information content (AvgIpc) is 3.04. The second-order valence-electron chi connectivity index (χ2n) is 6.16. The van der Waals surface area contributed by atoms with Gasteiger partial charge in [-0.05, 0) is 42.7 Å². The Morgan fingerprint density at radius 2 is 1.92 bits per heavy atom. The molecule has 0 radical (unpaired) electrons. The maximum atomic E-state index is 13.1. The summed E-state index contributed by atoms with van der Waals surface area (Å²) in [6.07, 6.45) is 1.58. The third kappa shape index (κ3) is 2.52. The van der Waals surface area contributed by atoms with E-state index in [0.717, 1.165) is 17.5 Å². The summed E-state index contributed by atoms with van der Waals surface area (Å²) in [6.45, 7) is 3.96. The molecule has 1 aromatic heterocycles. The lowest BCUT2D eigenvalue weighted by atomic mass is 10.00. The fourth-order valence-corrected chi connectivity index (χ4v) is 3.24. The van der Waals surface area contributed by atoms with Crippen LogP contribution in [-0.4, -0.2) is 11.9 Å². The molecule has 2 heterocycles. The highest BCUT2D eigenvalue weighted by atomic mass is 16.7. The quantitative estimate of drug-likeness (QED) is 0.777. The molecule has 0 fully saturated rings. The van der Waals surface area contributed by atoms with Crippen LogP contribution in [0.15, 0.2) is 39.5 Å². The highest BCUT2D eigenvalue weighted by molar-refractivity contribution is 5.85. The maximum absolute atomic E-state index is 13.1. The van der Waals surface area contributed by atoms with Gasteiger partial charge in [-0.2, -0.15) is 0 Å². The molecule has 1 N–H and O–H groups in total. The van der Waals surface area contributed by atoms with E-state index in [0.29, 0.717) is 40.2 Å². The van der Waals surface area contributed by atoms with Gasteiger partial charge in [0.25, 0.3) is 0 Å². The molecule has 4 rings (SSSR count). The fourth-order valence-electron chi connectivity index (χ4n) is 3.24. The van der Waals surface area contributed by atoms with Crippen LogP contribution in [0.1, 0.15) is 24.7 Å². The van der Waals surface area contributed by atoms with Crippen molar-refractivity contribution in [2.45, 2.75) is 26.7 Å². The highest BCUT2D eigenvalue weighted by Crippen LogP contribution is 2.36. The van der Waals surface area contributed by atoms with E-state index in [1.807, 2.05) is 13.0 Å². The van der Waals surface area contributed by atoms with Gasteiger partial charge in [0.1, 0.15) is 17.1 Å². The zero-order valence-corrected chi connectivity index (χ0v) is 14.1. The first-order valence-electron chi connectivity index (χ1n) is 8.27. The highest BCUT2D eigenvalue weighted by Gasteiger charge is 2.19. The molecule has 0 aliphatic carbocycles. The average molecular weight is 338 g/mol. The van der Waals surface area contributed by atoms with Gasteiger partial charge in [0.2, 0.25) is 12.2 Å². The molecule has 25 heavy (non-hydrogen) atoms. The van der Waals surface area contributed by atoms with E-state index in [9.17, 15) is 9.90 Å². The molecule has 0 saturated heterocycles. The van der Waals surface area contributed by atoms with Crippen LogP contribution in [0.2, 0.25) is 0 Å². The van der Waals surface area contributed by atoms with Crippen molar-refractivity contribution >= 4 is 11.0 Å². The van der Waals surface area contributed by atoms with Crippen LogP contribution in [0.3, 0.4) is 0 Å². The van der Waals surface area contributed by atoms with E-state index in [1.54, 1.807) is 25.1 Å². The molecule has 3 aromatic rings. The predicted octanol–water partition coefficient (Wildman–Crippen LogP) is 4.16. The number of rotatable bonds is 3. The van der Waals surface area contributed by atoms with Crippen LogP contribution in [0.5, 0.6) is 17.2 Å². The minimum atomic E-state index is -0.116. The summed E-state index contributed by atoms with van der Waals surface area (Å²) in [7, 11) is 0. The number of phenols is 1. The normalized spacial score (nSPS) is 12.7. The van der Waals surface area contributed by atoms with Gasteiger partial charge in [0.05, 0.1) is 10.9 Å². The number of aromatic hydroxyl groups is 1. The first-order valence-corrected chi connectivity index (χ1v) is 8.27. The molecule has 0 bridgehead atoms. The topological polar surface area (TPSA) is 68.9 Å². The molecular weight excluding hydrogens is 320 g/mol. The molecule has 0 spiro atoms. The monoisotopic (exact) mass is 338 g/mol. The minimum Gasteiger partial charge on any atom is -0.508 e. The van der Waals surface area contributed by atoms with Crippen molar-refractivity contribution in [3.8, 4) is 28.4 Å². The van der Waals surface area contributed by atoms with Crippen molar-refractivity contribution in [2.75, 3.05) is 6.79 Å². The Bertz CT molecular complexity index is 1030. The van der Waals surface area contributed by atoms with Crippen molar-refractivity contribution in [2.24, 2.45) is 0 Å². The van der Waals surface area contributed by atoms with Crippen molar-refractivity contribution in [3.63, 3.8) is 0 Å². The van der Waals surface area contributed by atoms with Gasteiger partial charge >= 0.3 is 0 Å². The Morgan fingerprint density at radius 1 is 1.12 bits per heavy atom. The van der Waals surface area contributed by atoms with Crippen molar-refractivity contribution in [3.05, 3.63) is 51.9 Å². The van der Waals surface area contributed by atoms with Gasteiger partial charge < -0.3 is 19.0 Å². The lowest BCUT2D eigenvalue weighted by Crippen LogP contribution is -2.08. The molecule has 5 nitrogen and oxygen atoms in total. The van der Waals surface area contributed by atoms with Gasteiger partial charge in [-0.15, -0.1) is 0 Å². The third-order valence-corrected chi connectivity index (χ3v) is 4.45. The summed E-state index contributed by atoms with van der Waals surface area (Å²) in [5.74, 6) is 1.95. The second-order valence-corrected chi connectivity index (χ2v) is 6.16. The summed E-state index contributed by atoms with van der Waals surface area (Å²) in [5, 5.41) is 10.6. The van der Waals surface area contributed by atoms with Crippen LogP contribution in [0.25, 0.3) is 22.1 Å². The summed E-state index contributed by atoms with van der Waals surface area (Å²) in [5.41, 5.74) is 2.25. The Kier molecular flexibility index (Phi) is 3.64. The summed E-state index contributed by atoms with van der Waals surface area (Å²) < 4.78 is 16.6. The zero-order chi connectivity index (χ0) is 17.6. The number of fused-ring (bicyclic) bond motifs is 2. The summed E-state index contributed by atoms with van der Waals surface area (Å²) >= 11 is 0. The van der Waals surface area contributed by atoms with Crippen molar-refractivity contribution in [1.82, 2.24) is 0 Å².